The molecular formula is C32H41Cl2FN4O4S. The minimum absolute atomic E-state index is 0.0898. The van der Waals surface area contributed by atoms with Gasteiger partial charge in [-0.2, -0.15) is 0 Å². The van der Waals surface area contributed by atoms with Crippen LogP contribution in [-0.4, -0.2) is 49.6 Å². The van der Waals surface area contributed by atoms with Gasteiger partial charge in [0, 0.05) is 34.8 Å². The molecule has 2 fully saturated rings. The zero-order valence-electron chi connectivity index (χ0n) is 25.6. The number of nitrogens with one attached hydrogen (secondary N) is 4. The maximum atomic E-state index is 16.0. The summed E-state index contributed by atoms with van der Waals surface area (Å²) >= 11 is 12.6. The van der Waals surface area contributed by atoms with Gasteiger partial charge in [0.2, 0.25) is 21.8 Å². The third-order valence-corrected chi connectivity index (χ3v) is 11.7. The Hall–Kier alpha value is -2.24. The number of amides is 2. The number of carbonyl (C=O) groups excluding carboxylic acids is 2. The highest BCUT2D eigenvalue weighted by Crippen LogP contribution is 2.57. The van der Waals surface area contributed by atoms with Crippen molar-refractivity contribution in [3.8, 4) is 0 Å². The van der Waals surface area contributed by atoms with E-state index in [0.717, 1.165) is 0 Å². The van der Waals surface area contributed by atoms with Crippen LogP contribution in [-0.2, 0) is 25.0 Å². The van der Waals surface area contributed by atoms with Gasteiger partial charge in [-0.15, -0.1) is 0 Å². The van der Waals surface area contributed by atoms with Crippen LogP contribution in [0, 0.1) is 11.2 Å². The predicted molar refractivity (Wildman–Crippen MR) is 172 cm³/mol. The first-order valence-electron chi connectivity index (χ1n) is 15.2. The molecule has 0 unspecified atom stereocenters. The van der Waals surface area contributed by atoms with Gasteiger partial charge in [-0.05, 0) is 80.7 Å². The number of anilines is 1. The Labute approximate surface area is 269 Å². The molecule has 1 spiro atoms. The number of fused-ring (bicyclic) bond motifs is 2. The van der Waals surface area contributed by atoms with Gasteiger partial charge in [-0.25, -0.2) is 17.5 Å². The van der Waals surface area contributed by atoms with Gasteiger partial charge in [0.15, 0.2) is 0 Å². The van der Waals surface area contributed by atoms with Crippen LogP contribution in [0.15, 0.2) is 36.4 Å². The Morgan fingerprint density at radius 2 is 1.75 bits per heavy atom. The molecule has 1 saturated carbocycles. The Bertz CT molecular complexity index is 1560. The molecule has 0 bridgehead atoms. The molecule has 2 amide bonds. The molecule has 0 radical (unpaired) electrons. The van der Waals surface area contributed by atoms with Crippen LogP contribution < -0.4 is 20.7 Å². The highest BCUT2D eigenvalue weighted by Gasteiger charge is 2.66. The number of hydrogen-bond donors (Lipinski definition) is 4. The maximum Gasteiger partial charge on any atom is 0.238 e. The van der Waals surface area contributed by atoms with Gasteiger partial charge in [-0.1, -0.05) is 62.2 Å². The van der Waals surface area contributed by atoms with E-state index >= 15 is 4.39 Å². The van der Waals surface area contributed by atoms with Crippen LogP contribution in [0.5, 0.6) is 0 Å². The molecule has 2 heterocycles. The third kappa shape index (κ3) is 6.12. The number of carbonyl (C=O) groups is 2. The quantitative estimate of drug-likeness (QED) is 0.305. The lowest BCUT2D eigenvalue weighted by molar-refractivity contribution is -0.124. The highest BCUT2D eigenvalue weighted by atomic mass is 35.5. The maximum absolute atomic E-state index is 16.0. The number of halogens is 3. The predicted octanol–water partition coefficient (Wildman–Crippen LogP) is 5.64. The molecule has 4 N–H and O–H groups in total. The van der Waals surface area contributed by atoms with Crippen LogP contribution >= 0.6 is 23.2 Å². The molecule has 0 aromatic heterocycles. The lowest BCUT2D eigenvalue weighted by Gasteiger charge is -2.38. The molecule has 8 nitrogen and oxygen atoms in total. The molecule has 2 aromatic rings. The topological polar surface area (TPSA) is 116 Å². The summed E-state index contributed by atoms with van der Waals surface area (Å²) in [5.74, 6) is -2.26. The Kier molecular flexibility index (Phi) is 9.17. The molecule has 44 heavy (non-hydrogen) atoms. The average Bonchev–Trinajstić information content (AvgIpc) is 3.40. The summed E-state index contributed by atoms with van der Waals surface area (Å²) in [7, 11) is -3.40. The van der Waals surface area contributed by atoms with Crippen molar-refractivity contribution in [3.63, 3.8) is 0 Å². The first-order chi connectivity index (χ1) is 20.5. The molecule has 2 aromatic carbocycles. The zero-order valence-corrected chi connectivity index (χ0v) is 28.0. The van der Waals surface area contributed by atoms with Gasteiger partial charge < -0.3 is 16.0 Å². The molecule has 5 rings (SSSR count). The van der Waals surface area contributed by atoms with Crippen LogP contribution in [0.3, 0.4) is 0 Å². The SMILES string of the molecule is CC(C)S(=O)(=O)NC1CCC(NC(=O)[C@@H]2N[C@H](CC(C)(C)C)[C@]3(C(=O)Nc4cc(Cl)ccc43)[C@H]2c2cccc(Cl)c2F)CC1. The van der Waals surface area contributed by atoms with E-state index in [9.17, 15) is 18.0 Å². The van der Waals surface area contributed by atoms with Crippen molar-refractivity contribution in [1.29, 1.82) is 0 Å². The monoisotopic (exact) mass is 666 g/mol. The van der Waals surface area contributed by atoms with Crippen molar-refractivity contribution in [2.45, 2.75) is 107 Å². The number of benzene rings is 2. The highest BCUT2D eigenvalue weighted by molar-refractivity contribution is 7.90. The lowest BCUT2D eigenvalue weighted by atomic mass is 9.62. The standard InChI is InChI=1S/C32H41Cl2FN4O4S/c1-17(2)44(42,43)39-20-12-10-19(11-13-20)36-29(40)28-26(21-7-6-8-23(34)27(21)35)32(25(38-28)16-31(3,4)5)22-14-9-18(33)15-24(22)37-30(32)41/h6-9,14-15,17,19-20,25-26,28,38-39H,10-13,16H2,1-5H3,(H,36,40)(H,37,41)/t19?,20?,25-,26+,28-,32+/m1/s1. The fraction of sp³-hybridized carbons (Fsp3) is 0.562. The first kappa shape index (κ1) is 33.1. The number of hydrogen-bond acceptors (Lipinski definition) is 5. The molecule has 1 aliphatic carbocycles. The summed E-state index contributed by atoms with van der Waals surface area (Å²) in [6.45, 7) is 9.46. The van der Waals surface area contributed by atoms with Crippen molar-refractivity contribution < 1.29 is 22.4 Å². The molecule has 2 aliphatic heterocycles. The van der Waals surface area contributed by atoms with Gasteiger partial charge in [0.05, 0.1) is 16.3 Å². The smallest absolute Gasteiger partial charge is 0.238 e. The normalized spacial score (nSPS) is 28.8. The van der Waals surface area contributed by atoms with E-state index in [4.69, 9.17) is 23.2 Å². The minimum Gasteiger partial charge on any atom is -0.352 e. The Morgan fingerprint density at radius 3 is 2.39 bits per heavy atom. The molecule has 12 heteroatoms. The van der Waals surface area contributed by atoms with E-state index in [1.165, 1.54) is 6.07 Å². The summed E-state index contributed by atoms with van der Waals surface area (Å²) in [4.78, 5) is 28.5. The second-order valence-electron chi connectivity index (χ2n) is 13.9. The van der Waals surface area contributed by atoms with Crippen molar-refractivity contribution in [3.05, 3.63) is 63.4 Å². The van der Waals surface area contributed by atoms with E-state index in [0.29, 0.717) is 48.4 Å². The molecule has 240 valence electrons. The average molecular weight is 668 g/mol. The Morgan fingerprint density at radius 1 is 1.09 bits per heavy atom. The van der Waals surface area contributed by atoms with E-state index in [1.807, 2.05) is 0 Å². The van der Waals surface area contributed by atoms with Gasteiger partial charge in [0.1, 0.15) is 11.2 Å². The van der Waals surface area contributed by atoms with Crippen LogP contribution in [0.4, 0.5) is 10.1 Å². The van der Waals surface area contributed by atoms with Crippen LogP contribution in [0.2, 0.25) is 10.0 Å². The van der Waals surface area contributed by atoms with E-state index in [-0.39, 0.29) is 39.9 Å². The second-order valence-corrected chi connectivity index (χ2v) is 17.0. The lowest BCUT2D eigenvalue weighted by Crippen LogP contribution is -2.51. The number of rotatable bonds is 7. The molecular weight excluding hydrogens is 626 g/mol. The van der Waals surface area contributed by atoms with Gasteiger partial charge in [-0.3, -0.25) is 9.59 Å². The third-order valence-electron chi connectivity index (χ3n) is 9.25. The minimum atomic E-state index is -3.40. The van der Waals surface area contributed by atoms with Crippen LogP contribution in [0.1, 0.15) is 83.8 Å². The number of sulfonamides is 1. The van der Waals surface area contributed by atoms with Gasteiger partial charge in [0.25, 0.3) is 0 Å². The summed E-state index contributed by atoms with van der Waals surface area (Å²) in [6, 6.07) is 7.99. The summed E-state index contributed by atoms with van der Waals surface area (Å²) in [6.07, 6.45) is 2.84. The largest absolute Gasteiger partial charge is 0.352 e. The molecule has 4 atom stereocenters. The summed E-state index contributed by atoms with van der Waals surface area (Å²) in [5.41, 5.74) is -0.186. The van der Waals surface area contributed by atoms with Crippen molar-refractivity contribution in [2.24, 2.45) is 5.41 Å². The first-order valence-corrected chi connectivity index (χ1v) is 17.5. The van der Waals surface area contributed by atoms with Crippen molar-refractivity contribution in [2.75, 3.05) is 5.32 Å². The fourth-order valence-electron chi connectivity index (χ4n) is 7.17. The second kappa shape index (κ2) is 12.2. The summed E-state index contributed by atoms with van der Waals surface area (Å²) in [5, 5.41) is 9.46. The van der Waals surface area contributed by atoms with Crippen molar-refractivity contribution in [1.82, 2.24) is 15.4 Å². The van der Waals surface area contributed by atoms with E-state index in [1.54, 1.807) is 44.2 Å². The molecule has 3 aliphatic rings. The zero-order chi connectivity index (χ0) is 32.2. The van der Waals surface area contributed by atoms with Crippen LogP contribution in [0.25, 0.3) is 0 Å². The van der Waals surface area contributed by atoms with Crippen molar-refractivity contribution >= 4 is 50.7 Å². The van der Waals surface area contributed by atoms with Gasteiger partial charge >= 0.3 is 0 Å². The van der Waals surface area contributed by atoms with E-state index < -0.39 is 44.5 Å². The Balaban J connectivity index is 1.52. The van der Waals surface area contributed by atoms with E-state index in [2.05, 4.69) is 41.4 Å². The summed E-state index contributed by atoms with van der Waals surface area (Å²) < 4.78 is 43.5. The fourth-order valence-corrected chi connectivity index (χ4v) is 8.49. The molecule has 1 saturated heterocycles.